The molecule has 0 aliphatic rings. The van der Waals surface area contributed by atoms with E-state index in [2.05, 4.69) is 5.10 Å². The van der Waals surface area contributed by atoms with Gasteiger partial charge in [-0.05, 0) is 24.1 Å². The molecule has 4 nitrogen and oxygen atoms in total. The van der Waals surface area contributed by atoms with Crippen molar-refractivity contribution in [1.82, 2.24) is 5.43 Å². The maximum atomic E-state index is 12.5. The number of urea groups is 1. The molecule has 0 spiro atoms. The third kappa shape index (κ3) is 3.76. The molecule has 1 aromatic carbocycles. The highest BCUT2D eigenvalue weighted by atomic mass is 19.4. The number of benzene rings is 1. The first-order valence-electron chi connectivity index (χ1n) is 5.14. The standard InChI is InChI=1S/C11H12F3N3O/c1-2-9(16-17-10(15)18)7-4-3-5-8(6-7)11(12,13)14/h3-6H,2H2,1H3,(H3,15,17,18). The fourth-order valence-electron chi connectivity index (χ4n) is 1.35. The number of amides is 2. The lowest BCUT2D eigenvalue weighted by Crippen LogP contribution is -2.26. The van der Waals surface area contributed by atoms with E-state index >= 15 is 0 Å². The fraction of sp³-hybridized carbons (Fsp3) is 0.273. The summed E-state index contributed by atoms with van der Waals surface area (Å²) in [4.78, 5) is 10.5. The lowest BCUT2D eigenvalue weighted by atomic mass is 10.0. The van der Waals surface area contributed by atoms with Crippen molar-refractivity contribution in [3.63, 3.8) is 0 Å². The van der Waals surface area contributed by atoms with Crippen LogP contribution in [0.2, 0.25) is 0 Å². The molecule has 0 saturated carbocycles. The van der Waals surface area contributed by atoms with Crippen molar-refractivity contribution in [3.8, 4) is 0 Å². The van der Waals surface area contributed by atoms with E-state index in [-0.39, 0.29) is 0 Å². The van der Waals surface area contributed by atoms with Crippen LogP contribution in [0.25, 0.3) is 0 Å². The summed E-state index contributed by atoms with van der Waals surface area (Å²) in [5.41, 5.74) is 6.68. The van der Waals surface area contributed by atoms with Crippen LogP contribution in [0.5, 0.6) is 0 Å². The Hall–Kier alpha value is -2.05. The Bertz CT molecular complexity index is 469. The van der Waals surface area contributed by atoms with Gasteiger partial charge in [0.1, 0.15) is 0 Å². The second kappa shape index (κ2) is 5.52. The molecular formula is C11H12F3N3O. The van der Waals surface area contributed by atoms with Crippen molar-refractivity contribution >= 4 is 11.7 Å². The molecule has 0 atom stereocenters. The monoisotopic (exact) mass is 259 g/mol. The van der Waals surface area contributed by atoms with E-state index in [9.17, 15) is 18.0 Å². The van der Waals surface area contributed by atoms with Gasteiger partial charge in [-0.2, -0.15) is 18.3 Å². The number of carbonyl (C=O) groups excluding carboxylic acids is 1. The highest BCUT2D eigenvalue weighted by molar-refractivity contribution is 6.00. The largest absolute Gasteiger partial charge is 0.416 e. The quantitative estimate of drug-likeness (QED) is 0.635. The summed E-state index contributed by atoms with van der Waals surface area (Å²) in [6, 6.07) is 3.85. The number of nitrogens with two attached hydrogens (primary N) is 1. The maximum absolute atomic E-state index is 12.5. The summed E-state index contributed by atoms with van der Waals surface area (Å²) in [7, 11) is 0. The summed E-state index contributed by atoms with van der Waals surface area (Å²) < 4.78 is 37.6. The van der Waals surface area contributed by atoms with Crippen molar-refractivity contribution in [3.05, 3.63) is 35.4 Å². The van der Waals surface area contributed by atoms with Crippen LogP contribution in [0.4, 0.5) is 18.0 Å². The van der Waals surface area contributed by atoms with Gasteiger partial charge in [0.05, 0.1) is 11.3 Å². The first-order valence-corrected chi connectivity index (χ1v) is 5.14. The zero-order valence-electron chi connectivity index (χ0n) is 9.58. The van der Waals surface area contributed by atoms with Crippen molar-refractivity contribution in [1.29, 1.82) is 0 Å². The van der Waals surface area contributed by atoms with Gasteiger partial charge >= 0.3 is 12.2 Å². The molecule has 0 bridgehead atoms. The number of hydrogen-bond acceptors (Lipinski definition) is 2. The van der Waals surface area contributed by atoms with Gasteiger partial charge in [0.15, 0.2) is 0 Å². The molecular weight excluding hydrogens is 247 g/mol. The third-order valence-electron chi connectivity index (χ3n) is 2.16. The molecule has 0 heterocycles. The number of nitrogens with zero attached hydrogens (tertiary/aromatic N) is 1. The van der Waals surface area contributed by atoms with Gasteiger partial charge in [-0.25, -0.2) is 10.2 Å². The molecule has 2 amide bonds. The normalized spacial score (nSPS) is 12.3. The summed E-state index contributed by atoms with van der Waals surface area (Å²) in [6.45, 7) is 1.71. The van der Waals surface area contributed by atoms with Crippen LogP contribution in [0.3, 0.4) is 0 Å². The van der Waals surface area contributed by atoms with Crippen LogP contribution in [0.15, 0.2) is 29.4 Å². The van der Waals surface area contributed by atoms with E-state index in [1.165, 1.54) is 12.1 Å². The molecule has 0 aromatic heterocycles. The molecule has 0 aliphatic carbocycles. The molecule has 7 heteroatoms. The predicted molar refractivity (Wildman–Crippen MR) is 61.0 cm³/mol. The average molecular weight is 259 g/mol. The Morgan fingerprint density at radius 2 is 2.11 bits per heavy atom. The highest BCUT2D eigenvalue weighted by Gasteiger charge is 2.30. The van der Waals surface area contributed by atoms with Crippen LogP contribution in [0.1, 0.15) is 24.5 Å². The average Bonchev–Trinajstić information content (AvgIpc) is 2.29. The van der Waals surface area contributed by atoms with E-state index in [0.717, 1.165) is 12.1 Å². The van der Waals surface area contributed by atoms with Crippen molar-refractivity contribution in [2.45, 2.75) is 19.5 Å². The molecule has 1 rings (SSSR count). The molecule has 0 aliphatic heterocycles. The Balaban J connectivity index is 3.07. The smallest absolute Gasteiger partial charge is 0.350 e. The maximum Gasteiger partial charge on any atom is 0.416 e. The lowest BCUT2D eigenvalue weighted by Gasteiger charge is -2.09. The minimum absolute atomic E-state index is 0.293. The zero-order valence-corrected chi connectivity index (χ0v) is 9.58. The van der Waals surface area contributed by atoms with Gasteiger partial charge < -0.3 is 5.73 Å². The van der Waals surface area contributed by atoms with Crippen LogP contribution in [0, 0.1) is 0 Å². The van der Waals surface area contributed by atoms with E-state index in [1.807, 2.05) is 5.43 Å². The van der Waals surface area contributed by atoms with Gasteiger partial charge in [-0.3, -0.25) is 0 Å². The summed E-state index contributed by atoms with van der Waals surface area (Å²) in [6.07, 6.45) is -4.05. The molecule has 98 valence electrons. The summed E-state index contributed by atoms with van der Waals surface area (Å²) in [5.74, 6) is 0. The van der Waals surface area contributed by atoms with Gasteiger partial charge in [-0.15, -0.1) is 0 Å². The van der Waals surface area contributed by atoms with Gasteiger partial charge in [0, 0.05) is 0 Å². The molecule has 0 saturated heterocycles. The number of hydrazone groups is 1. The molecule has 0 fully saturated rings. The predicted octanol–water partition coefficient (Wildman–Crippen LogP) is 2.49. The number of hydrogen-bond donors (Lipinski definition) is 2. The Morgan fingerprint density at radius 1 is 1.44 bits per heavy atom. The van der Waals surface area contributed by atoms with E-state index in [1.54, 1.807) is 6.92 Å². The summed E-state index contributed by atoms with van der Waals surface area (Å²) in [5, 5.41) is 3.66. The van der Waals surface area contributed by atoms with Crippen LogP contribution in [-0.4, -0.2) is 11.7 Å². The molecule has 1 aromatic rings. The summed E-state index contributed by atoms with van der Waals surface area (Å²) >= 11 is 0. The Kier molecular flexibility index (Phi) is 4.30. The number of alkyl halides is 3. The SMILES string of the molecule is CCC(=NNC(N)=O)c1cccc(C(F)(F)F)c1. The van der Waals surface area contributed by atoms with Crippen molar-refractivity contribution in [2.24, 2.45) is 10.8 Å². The van der Waals surface area contributed by atoms with Crippen LogP contribution < -0.4 is 11.2 Å². The highest BCUT2D eigenvalue weighted by Crippen LogP contribution is 2.29. The number of primary amides is 1. The van der Waals surface area contributed by atoms with E-state index < -0.39 is 17.8 Å². The first-order chi connectivity index (χ1) is 8.34. The number of halogens is 3. The second-order valence-corrected chi connectivity index (χ2v) is 3.47. The Morgan fingerprint density at radius 3 is 2.61 bits per heavy atom. The third-order valence-corrected chi connectivity index (χ3v) is 2.16. The molecule has 0 radical (unpaired) electrons. The number of rotatable bonds is 3. The number of carbonyl (C=O) groups is 1. The zero-order chi connectivity index (χ0) is 13.8. The topological polar surface area (TPSA) is 67.5 Å². The van der Waals surface area contributed by atoms with Crippen molar-refractivity contribution < 1.29 is 18.0 Å². The van der Waals surface area contributed by atoms with Crippen LogP contribution in [-0.2, 0) is 6.18 Å². The Labute approximate surface area is 102 Å². The first kappa shape index (κ1) is 14.0. The number of nitrogens with one attached hydrogen (secondary N) is 1. The van der Waals surface area contributed by atoms with Gasteiger partial charge in [0.2, 0.25) is 0 Å². The molecule has 0 unspecified atom stereocenters. The molecule has 3 N–H and O–H groups in total. The van der Waals surface area contributed by atoms with Crippen molar-refractivity contribution in [2.75, 3.05) is 0 Å². The van der Waals surface area contributed by atoms with Gasteiger partial charge in [-0.1, -0.05) is 19.1 Å². The van der Waals surface area contributed by atoms with Gasteiger partial charge in [0.25, 0.3) is 0 Å². The minimum atomic E-state index is -4.41. The minimum Gasteiger partial charge on any atom is -0.350 e. The fourth-order valence-corrected chi connectivity index (χ4v) is 1.35. The van der Waals surface area contributed by atoms with Crippen LogP contribution >= 0.6 is 0 Å². The van der Waals surface area contributed by atoms with E-state index in [4.69, 9.17) is 5.73 Å². The molecule has 18 heavy (non-hydrogen) atoms. The lowest BCUT2D eigenvalue weighted by molar-refractivity contribution is -0.137. The van der Waals surface area contributed by atoms with E-state index in [0.29, 0.717) is 17.7 Å². The second-order valence-electron chi connectivity index (χ2n) is 3.47.